The largest absolute Gasteiger partial charge is 0.359 e. The molecule has 0 N–H and O–H groups in total. The van der Waals surface area contributed by atoms with Crippen LogP contribution in [0.1, 0.15) is 47.8 Å². The summed E-state index contributed by atoms with van der Waals surface area (Å²) >= 11 is 0. The number of fused-ring (bicyclic) bond motifs is 1. The molecule has 0 bridgehead atoms. The van der Waals surface area contributed by atoms with Crippen molar-refractivity contribution in [2.45, 2.75) is 40.2 Å². The van der Waals surface area contributed by atoms with Gasteiger partial charge in [0.05, 0.1) is 12.2 Å². The highest BCUT2D eigenvalue weighted by atomic mass is 16.5. The zero-order valence-corrected chi connectivity index (χ0v) is 11.6. The SMILES string of the molecule is Cc1cc(Cn2ccc3c2CC(C)(C)CC3=O)on1. The molecule has 0 saturated heterocycles. The minimum absolute atomic E-state index is 0.0392. The highest BCUT2D eigenvalue weighted by Crippen LogP contribution is 2.35. The van der Waals surface area contributed by atoms with Gasteiger partial charge < -0.3 is 9.09 Å². The lowest BCUT2D eigenvalue weighted by molar-refractivity contribution is 0.0910. The van der Waals surface area contributed by atoms with Crippen LogP contribution in [0.25, 0.3) is 0 Å². The summed E-state index contributed by atoms with van der Waals surface area (Å²) in [4.78, 5) is 12.1. The maximum atomic E-state index is 12.1. The minimum Gasteiger partial charge on any atom is -0.359 e. The Hall–Kier alpha value is -1.84. The normalized spacial score (nSPS) is 17.5. The molecule has 4 heteroatoms. The Kier molecular flexibility index (Phi) is 2.62. The molecule has 4 nitrogen and oxygen atoms in total. The minimum atomic E-state index is 0.0392. The maximum absolute atomic E-state index is 12.1. The number of Topliss-reactive ketones (excluding diaryl/α,β-unsaturated/α-hetero) is 1. The monoisotopic (exact) mass is 258 g/mol. The van der Waals surface area contributed by atoms with E-state index in [1.807, 2.05) is 25.3 Å². The van der Waals surface area contributed by atoms with Crippen LogP contribution in [0.4, 0.5) is 0 Å². The predicted molar refractivity (Wildman–Crippen MR) is 71.2 cm³/mol. The molecule has 2 heterocycles. The quantitative estimate of drug-likeness (QED) is 0.832. The van der Waals surface area contributed by atoms with Gasteiger partial charge >= 0.3 is 0 Å². The summed E-state index contributed by atoms with van der Waals surface area (Å²) in [5, 5.41) is 3.90. The second kappa shape index (κ2) is 4.08. The van der Waals surface area contributed by atoms with Gasteiger partial charge in [0.2, 0.25) is 0 Å². The molecule has 0 unspecified atom stereocenters. The molecule has 0 saturated carbocycles. The Labute approximate surface area is 112 Å². The molecule has 0 radical (unpaired) electrons. The fourth-order valence-corrected chi connectivity index (χ4v) is 2.81. The number of aromatic nitrogens is 2. The van der Waals surface area contributed by atoms with Crippen molar-refractivity contribution in [3.63, 3.8) is 0 Å². The molecule has 1 aliphatic rings. The van der Waals surface area contributed by atoms with E-state index in [9.17, 15) is 4.79 Å². The molecule has 1 aliphatic carbocycles. The summed E-state index contributed by atoms with van der Waals surface area (Å²) in [6.07, 6.45) is 3.53. The van der Waals surface area contributed by atoms with Crippen LogP contribution in [-0.2, 0) is 13.0 Å². The van der Waals surface area contributed by atoms with E-state index in [4.69, 9.17) is 4.52 Å². The van der Waals surface area contributed by atoms with Crippen molar-refractivity contribution in [2.24, 2.45) is 5.41 Å². The Morgan fingerprint density at radius 2 is 2.21 bits per heavy atom. The lowest BCUT2D eigenvalue weighted by Crippen LogP contribution is -2.28. The number of ketones is 1. The van der Waals surface area contributed by atoms with Gasteiger partial charge in [0.1, 0.15) is 0 Å². The van der Waals surface area contributed by atoms with Crippen LogP contribution in [0.2, 0.25) is 0 Å². The third kappa shape index (κ3) is 2.23. The molecule has 2 aromatic heterocycles. The molecule has 0 spiro atoms. The first-order valence-electron chi connectivity index (χ1n) is 6.58. The third-order valence-corrected chi connectivity index (χ3v) is 3.67. The molecule has 19 heavy (non-hydrogen) atoms. The van der Waals surface area contributed by atoms with E-state index in [-0.39, 0.29) is 11.2 Å². The second-order valence-corrected chi connectivity index (χ2v) is 6.18. The van der Waals surface area contributed by atoms with Crippen molar-refractivity contribution >= 4 is 5.78 Å². The van der Waals surface area contributed by atoms with Crippen molar-refractivity contribution in [3.8, 4) is 0 Å². The lowest BCUT2D eigenvalue weighted by Gasteiger charge is -2.29. The van der Waals surface area contributed by atoms with E-state index in [1.165, 1.54) is 0 Å². The Morgan fingerprint density at radius 1 is 1.42 bits per heavy atom. The van der Waals surface area contributed by atoms with Crippen LogP contribution < -0.4 is 0 Å². The Bertz CT molecular complexity index is 634. The summed E-state index contributed by atoms with van der Waals surface area (Å²) in [6.45, 7) is 6.83. The van der Waals surface area contributed by atoms with E-state index in [0.29, 0.717) is 13.0 Å². The van der Waals surface area contributed by atoms with E-state index in [2.05, 4.69) is 23.6 Å². The van der Waals surface area contributed by atoms with Crippen LogP contribution in [0, 0.1) is 12.3 Å². The van der Waals surface area contributed by atoms with Gasteiger partial charge in [-0.05, 0) is 24.8 Å². The van der Waals surface area contributed by atoms with E-state index in [1.54, 1.807) is 0 Å². The summed E-state index contributed by atoms with van der Waals surface area (Å²) in [7, 11) is 0. The second-order valence-electron chi connectivity index (χ2n) is 6.18. The predicted octanol–water partition coefficient (Wildman–Crippen LogP) is 2.99. The zero-order valence-electron chi connectivity index (χ0n) is 11.6. The standard InChI is InChI=1S/C15H18N2O2/c1-10-6-11(19-16-10)9-17-5-4-12-13(17)7-15(2,3)8-14(12)18/h4-6H,7-9H2,1-3H3. The molecule has 100 valence electrons. The highest BCUT2D eigenvalue weighted by molar-refractivity contribution is 5.98. The van der Waals surface area contributed by atoms with Crippen molar-refractivity contribution in [1.82, 2.24) is 9.72 Å². The smallest absolute Gasteiger partial charge is 0.165 e. The van der Waals surface area contributed by atoms with Crippen LogP contribution >= 0.6 is 0 Å². The fourth-order valence-electron chi connectivity index (χ4n) is 2.81. The fraction of sp³-hybridized carbons (Fsp3) is 0.467. The molecule has 3 rings (SSSR count). The molecule has 0 fully saturated rings. The number of hydrogen-bond acceptors (Lipinski definition) is 3. The van der Waals surface area contributed by atoms with Crippen molar-refractivity contribution in [2.75, 3.05) is 0 Å². The molecule has 0 aromatic carbocycles. The number of carbonyl (C=O) groups excluding carboxylic acids is 1. The number of hydrogen-bond donors (Lipinski definition) is 0. The van der Waals surface area contributed by atoms with E-state index in [0.717, 1.165) is 29.1 Å². The van der Waals surface area contributed by atoms with Crippen LogP contribution in [0.15, 0.2) is 22.9 Å². The molecule has 0 aliphatic heterocycles. The lowest BCUT2D eigenvalue weighted by atomic mass is 9.76. The number of carbonyl (C=O) groups is 1. The van der Waals surface area contributed by atoms with Gasteiger partial charge in [0.15, 0.2) is 11.5 Å². The van der Waals surface area contributed by atoms with Crippen molar-refractivity contribution in [1.29, 1.82) is 0 Å². The summed E-state index contributed by atoms with van der Waals surface area (Å²) in [6, 6.07) is 3.86. The zero-order chi connectivity index (χ0) is 13.6. The van der Waals surface area contributed by atoms with E-state index >= 15 is 0 Å². The van der Waals surface area contributed by atoms with Crippen LogP contribution in [0.5, 0.6) is 0 Å². The first-order chi connectivity index (χ1) is 8.94. The molecule has 0 amide bonds. The molecule has 0 atom stereocenters. The van der Waals surface area contributed by atoms with Crippen molar-refractivity contribution in [3.05, 3.63) is 41.0 Å². The maximum Gasteiger partial charge on any atom is 0.165 e. The van der Waals surface area contributed by atoms with Gasteiger partial charge in [-0.3, -0.25) is 4.79 Å². The van der Waals surface area contributed by atoms with Gasteiger partial charge in [0, 0.05) is 29.9 Å². The molecule has 2 aromatic rings. The first kappa shape index (κ1) is 12.2. The van der Waals surface area contributed by atoms with Gasteiger partial charge in [-0.1, -0.05) is 19.0 Å². The molecular weight excluding hydrogens is 240 g/mol. The van der Waals surface area contributed by atoms with Gasteiger partial charge in [-0.15, -0.1) is 0 Å². The number of aryl methyl sites for hydroxylation is 1. The summed E-state index contributed by atoms with van der Waals surface area (Å²) < 4.78 is 7.36. The third-order valence-electron chi connectivity index (χ3n) is 3.67. The number of nitrogens with zero attached hydrogens (tertiary/aromatic N) is 2. The number of rotatable bonds is 2. The highest BCUT2D eigenvalue weighted by Gasteiger charge is 2.33. The first-order valence-corrected chi connectivity index (χ1v) is 6.58. The average Bonchev–Trinajstić information content (AvgIpc) is 2.86. The van der Waals surface area contributed by atoms with Crippen LogP contribution in [0.3, 0.4) is 0 Å². The van der Waals surface area contributed by atoms with E-state index < -0.39 is 0 Å². The topological polar surface area (TPSA) is 48.0 Å². The molecular formula is C15H18N2O2. The average molecular weight is 258 g/mol. The van der Waals surface area contributed by atoms with Gasteiger partial charge in [-0.2, -0.15) is 0 Å². The van der Waals surface area contributed by atoms with Gasteiger partial charge in [0.25, 0.3) is 0 Å². The summed E-state index contributed by atoms with van der Waals surface area (Å²) in [5.74, 6) is 1.07. The van der Waals surface area contributed by atoms with Crippen molar-refractivity contribution < 1.29 is 9.32 Å². The Morgan fingerprint density at radius 3 is 2.89 bits per heavy atom. The summed E-state index contributed by atoms with van der Waals surface area (Å²) in [5.41, 5.74) is 2.91. The van der Waals surface area contributed by atoms with Gasteiger partial charge in [-0.25, -0.2) is 0 Å². The Balaban J connectivity index is 1.95. The van der Waals surface area contributed by atoms with Crippen LogP contribution in [-0.4, -0.2) is 15.5 Å².